The highest BCUT2D eigenvalue weighted by Gasteiger charge is 2.45. The minimum absolute atomic E-state index is 0.398. The van der Waals surface area contributed by atoms with Gasteiger partial charge in [0.25, 0.3) is 0 Å². The van der Waals surface area contributed by atoms with Crippen LogP contribution in [0, 0.1) is 0 Å². The van der Waals surface area contributed by atoms with Crippen molar-refractivity contribution in [3.8, 4) is 33.4 Å². The number of anilines is 3. The van der Waals surface area contributed by atoms with Gasteiger partial charge in [0, 0.05) is 17.1 Å². The molecule has 0 bridgehead atoms. The Bertz CT molecular complexity index is 2350. The van der Waals surface area contributed by atoms with E-state index in [-0.39, 0.29) is 0 Å². The van der Waals surface area contributed by atoms with Crippen molar-refractivity contribution in [3.63, 3.8) is 0 Å². The van der Waals surface area contributed by atoms with E-state index >= 15 is 0 Å². The molecule has 50 heavy (non-hydrogen) atoms. The van der Waals surface area contributed by atoms with E-state index in [0.29, 0.717) is 0 Å². The van der Waals surface area contributed by atoms with Crippen molar-refractivity contribution in [3.05, 3.63) is 235 Å². The van der Waals surface area contributed by atoms with E-state index in [0.717, 1.165) is 17.1 Å². The molecule has 1 aliphatic carbocycles. The molecule has 0 spiro atoms. The molecule has 1 heteroatoms. The normalized spacial score (nSPS) is 12.6. The monoisotopic (exact) mass is 637 g/mol. The van der Waals surface area contributed by atoms with E-state index in [1.54, 1.807) is 0 Å². The Morgan fingerprint density at radius 2 is 0.700 bits per heavy atom. The van der Waals surface area contributed by atoms with Crippen LogP contribution in [-0.4, -0.2) is 0 Å². The van der Waals surface area contributed by atoms with Crippen molar-refractivity contribution in [2.75, 3.05) is 4.90 Å². The number of nitrogens with zero attached hydrogens (tertiary/aromatic N) is 1. The second-order valence-electron chi connectivity index (χ2n) is 12.9. The summed E-state index contributed by atoms with van der Waals surface area (Å²) in [5, 5.41) is 0. The third-order valence-corrected chi connectivity index (χ3v) is 10.2. The molecule has 0 fully saturated rings. The zero-order valence-electron chi connectivity index (χ0n) is 27.7. The molecule has 0 N–H and O–H groups in total. The zero-order valence-corrected chi connectivity index (χ0v) is 27.7. The van der Waals surface area contributed by atoms with Crippen LogP contribution in [0.4, 0.5) is 17.1 Å². The largest absolute Gasteiger partial charge is 0.310 e. The van der Waals surface area contributed by atoms with Crippen molar-refractivity contribution in [1.82, 2.24) is 0 Å². The van der Waals surface area contributed by atoms with Gasteiger partial charge in [-0.05, 0) is 92.0 Å². The van der Waals surface area contributed by atoms with Gasteiger partial charge >= 0.3 is 0 Å². The summed E-state index contributed by atoms with van der Waals surface area (Å²) in [6.07, 6.45) is 0. The number of hydrogen-bond donors (Lipinski definition) is 0. The maximum atomic E-state index is 2.34. The number of para-hydroxylation sites is 1. The number of hydrogen-bond acceptors (Lipinski definition) is 1. The summed E-state index contributed by atoms with van der Waals surface area (Å²) in [5.74, 6) is 0. The van der Waals surface area contributed by atoms with Crippen molar-refractivity contribution < 1.29 is 0 Å². The molecule has 9 rings (SSSR count). The molecule has 0 atom stereocenters. The highest BCUT2D eigenvalue weighted by molar-refractivity contribution is 5.87. The van der Waals surface area contributed by atoms with Gasteiger partial charge < -0.3 is 4.90 Å². The molecular weight excluding hydrogens is 603 g/mol. The van der Waals surface area contributed by atoms with Crippen LogP contribution in [-0.2, 0) is 5.41 Å². The maximum Gasteiger partial charge on any atom is 0.0713 e. The van der Waals surface area contributed by atoms with Gasteiger partial charge in [-0.15, -0.1) is 0 Å². The van der Waals surface area contributed by atoms with Crippen LogP contribution in [0.2, 0.25) is 0 Å². The Morgan fingerprint density at radius 1 is 0.280 bits per heavy atom. The molecule has 0 unspecified atom stereocenters. The molecule has 8 aromatic rings. The second kappa shape index (κ2) is 12.5. The zero-order chi connectivity index (χ0) is 33.3. The third kappa shape index (κ3) is 4.95. The van der Waals surface area contributed by atoms with Crippen molar-refractivity contribution in [1.29, 1.82) is 0 Å². The first-order chi connectivity index (χ1) is 24.8. The lowest BCUT2D eigenvalue weighted by molar-refractivity contribution is 0.768. The summed E-state index contributed by atoms with van der Waals surface area (Å²) in [7, 11) is 0. The SMILES string of the molecule is c1ccc(-c2ccc(N(c3ccccc3)c3cccc(-c4ccc(C5(c6ccccc6)c6ccccc6-c6ccccc65)cc4)c3)cc2)cc1. The summed E-state index contributed by atoms with van der Waals surface area (Å²) in [6.45, 7) is 0. The Labute approximate surface area is 294 Å². The molecule has 0 aromatic heterocycles. The van der Waals surface area contributed by atoms with Crippen LogP contribution in [0.25, 0.3) is 33.4 Å². The molecular formula is C49H35N. The minimum atomic E-state index is -0.398. The van der Waals surface area contributed by atoms with Crippen molar-refractivity contribution in [2.24, 2.45) is 0 Å². The predicted octanol–water partition coefficient (Wildman–Crippen LogP) is 12.9. The van der Waals surface area contributed by atoms with E-state index < -0.39 is 5.41 Å². The van der Waals surface area contributed by atoms with Crippen LogP contribution in [0.5, 0.6) is 0 Å². The van der Waals surface area contributed by atoms with E-state index in [9.17, 15) is 0 Å². The van der Waals surface area contributed by atoms with Gasteiger partial charge in [-0.2, -0.15) is 0 Å². The minimum Gasteiger partial charge on any atom is -0.310 e. The van der Waals surface area contributed by atoms with Gasteiger partial charge in [-0.25, -0.2) is 0 Å². The molecule has 0 heterocycles. The van der Waals surface area contributed by atoms with Gasteiger partial charge in [-0.3, -0.25) is 0 Å². The van der Waals surface area contributed by atoms with E-state index in [2.05, 4.69) is 217 Å². The van der Waals surface area contributed by atoms with Gasteiger partial charge in [0.2, 0.25) is 0 Å². The molecule has 0 saturated carbocycles. The second-order valence-corrected chi connectivity index (χ2v) is 12.9. The Kier molecular flexibility index (Phi) is 7.44. The van der Waals surface area contributed by atoms with Gasteiger partial charge in [0.1, 0.15) is 0 Å². The average molecular weight is 638 g/mol. The van der Waals surface area contributed by atoms with Crippen molar-refractivity contribution in [2.45, 2.75) is 5.41 Å². The molecule has 0 saturated heterocycles. The summed E-state index contributed by atoms with van der Waals surface area (Å²) in [6, 6.07) is 77.0. The lowest BCUT2D eigenvalue weighted by Crippen LogP contribution is -2.28. The van der Waals surface area contributed by atoms with Gasteiger partial charge in [0.15, 0.2) is 0 Å². The van der Waals surface area contributed by atoms with Crippen LogP contribution >= 0.6 is 0 Å². The lowest BCUT2D eigenvalue weighted by atomic mass is 9.67. The third-order valence-electron chi connectivity index (χ3n) is 10.2. The first-order valence-electron chi connectivity index (χ1n) is 17.3. The Morgan fingerprint density at radius 3 is 1.34 bits per heavy atom. The molecule has 0 amide bonds. The highest BCUT2D eigenvalue weighted by Crippen LogP contribution is 2.56. The Balaban J connectivity index is 1.13. The fourth-order valence-electron chi connectivity index (χ4n) is 7.91. The topological polar surface area (TPSA) is 3.24 Å². The summed E-state index contributed by atoms with van der Waals surface area (Å²) in [4.78, 5) is 2.34. The number of benzene rings is 8. The number of fused-ring (bicyclic) bond motifs is 3. The number of rotatable bonds is 7. The average Bonchev–Trinajstić information content (AvgIpc) is 3.51. The summed E-state index contributed by atoms with van der Waals surface area (Å²) >= 11 is 0. The molecule has 1 aliphatic rings. The summed E-state index contributed by atoms with van der Waals surface area (Å²) < 4.78 is 0. The maximum absolute atomic E-state index is 2.34. The molecule has 8 aromatic carbocycles. The first kappa shape index (κ1) is 29.7. The van der Waals surface area contributed by atoms with Crippen LogP contribution in [0.3, 0.4) is 0 Å². The highest BCUT2D eigenvalue weighted by atomic mass is 15.1. The van der Waals surface area contributed by atoms with Crippen molar-refractivity contribution >= 4 is 17.1 Å². The smallest absolute Gasteiger partial charge is 0.0713 e. The molecule has 0 aliphatic heterocycles. The van der Waals surface area contributed by atoms with Crippen LogP contribution in [0.1, 0.15) is 22.3 Å². The van der Waals surface area contributed by atoms with E-state index in [4.69, 9.17) is 0 Å². The molecule has 0 radical (unpaired) electrons. The van der Waals surface area contributed by atoms with Gasteiger partial charge in [0.05, 0.1) is 5.41 Å². The molecule has 236 valence electrons. The van der Waals surface area contributed by atoms with Gasteiger partial charge in [-0.1, -0.05) is 176 Å². The lowest BCUT2D eigenvalue weighted by Gasteiger charge is -2.34. The van der Waals surface area contributed by atoms with Crippen LogP contribution < -0.4 is 4.90 Å². The van der Waals surface area contributed by atoms with E-state index in [1.807, 2.05) is 0 Å². The fourth-order valence-corrected chi connectivity index (χ4v) is 7.91. The fraction of sp³-hybridized carbons (Fsp3) is 0.0204. The quantitative estimate of drug-likeness (QED) is 0.168. The predicted molar refractivity (Wildman–Crippen MR) is 209 cm³/mol. The first-order valence-corrected chi connectivity index (χ1v) is 17.3. The summed E-state index contributed by atoms with van der Waals surface area (Å²) in [5.41, 5.74) is 15.6. The Hall–Kier alpha value is -6.44. The van der Waals surface area contributed by atoms with Crippen LogP contribution in [0.15, 0.2) is 212 Å². The molecule has 1 nitrogen and oxygen atoms in total. The standard InChI is InChI=1S/C49H35N/c1-4-15-36(16-5-1)37-29-33-43(34-30-37)50(42-20-8-3-9-21-42)44-22-14-17-39(35-44)38-27-31-41(32-28-38)49(40-18-6-2-7-19-40)47-25-12-10-23-45(47)46-24-11-13-26-48(46)49/h1-35H. The van der Waals surface area contributed by atoms with E-state index in [1.165, 1.54) is 55.6 Å².